The molecule has 0 saturated carbocycles. The van der Waals surface area contributed by atoms with E-state index in [-0.39, 0.29) is 18.1 Å². The van der Waals surface area contributed by atoms with Gasteiger partial charge in [-0.2, -0.15) is 0 Å². The van der Waals surface area contributed by atoms with Crippen LogP contribution in [-0.4, -0.2) is 59.6 Å². The van der Waals surface area contributed by atoms with Gasteiger partial charge in [-0.25, -0.2) is 0 Å². The molecule has 1 aromatic heterocycles. The van der Waals surface area contributed by atoms with Crippen LogP contribution in [0.5, 0.6) is 0 Å². The van der Waals surface area contributed by atoms with E-state index in [1.54, 1.807) is 25.2 Å². The quantitative estimate of drug-likeness (QED) is 0.841. The lowest BCUT2D eigenvalue weighted by molar-refractivity contribution is -0.152. The molecule has 2 aliphatic rings. The maximum atomic E-state index is 12.0. The van der Waals surface area contributed by atoms with Crippen molar-refractivity contribution in [2.24, 2.45) is 0 Å². The summed E-state index contributed by atoms with van der Waals surface area (Å²) in [6, 6.07) is 4.53. The Balaban J connectivity index is 1.61. The first-order valence-corrected chi connectivity index (χ1v) is 7.64. The maximum Gasteiger partial charge on any atom is 0.251 e. The summed E-state index contributed by atoms with van der Waals surface area (Å²) in [5, 5.41) is 0. The molecule has 3 rings (SSSR count). The number of aromatic nitrogens is 1. The number of rotatable bonds is 3. The molecule has 0 bridgehead atoms. The summed E-state index contributed by atoms with van der Waals surface area (Å²) >= 11 is 0. The molecule has 2 fully saturated rings. The van der Waals surface area contributed by atoms with Crippen LogP contribution in [0.1, 0.15) is 24.8 Å². The average Bonchev–Trinajstić information content (AvgIpc) is 2.90. The molecule has 5 nitrogen and oxygen atoms in total. The highest BCUT2D eigenvalue weighted by molar-refractivity contribution is 5.80. The summed E-state index contributed by atoms with van der Waals surface area (Å²) < 4.78 is 6.05. The number of likely N-dealkylation sites (N-methyl/N-ethyl adjacent to an activating group) is 1. The number of hydrogen-bond acceptors (Lipinski definition) is 4. The molecule has 5 heteroatoms. The number of carbonyl (C=O) groups is 1. The first-order valence-electron chi connectivity index (χ1n) is 7.64. The third-order valence-corrected chi connectivity index (χ3v) is 4.49. The average molecular weight is 289 g/mol. The molecule has 21 heavy (non-hydrogen) atoms. The number of ether oxygens (including phenoxy) is 1. The molecule has 0 spiro atoms. The second kappa shape index (κ2) is 6.12. The van der Waals surface area contributed by atoms with Crippen LogP contribution in [0.4, 0.5) is 0 Å². The Morgan fingerprint density at radius 1 is 1.43 bits per heavy atom. The van der Waals surface area contributed by atoms with Crippen LogP contribution in [0.25, 0.3) is 0 Å². The van der Waals surface area contributed by atoms with Crippen molar-refractivity contribution < 1.29 is 9.53 Å². The van der Waals surface area contributed by atoms with Crippen molar-refractivity contribution in [3.05, 3.63) is 30.1 Å². The van der Waals surface area contributed by atoms with E-state index in [9.17, 15) is 4.79 Å². The van der Waals surface area contributed by atoms with Crippen molar-refractivity contribution in [3.8, 4) is 0 Å². The molecule has 3 heterocycles. The monoisotopic (exact) mass is 289 g/mol. The highest BCUT2D eigenvalue weighted by atomic mass is 16.5. The van der Waals surface area contributed by atoms with Gasteiger partial charge in [-0.1, -0.05) is 6.07 Å². The van der Waals surface area contributed by atoms with Gasteiger partial charge in [0.2, 0.25) is 0 Å². The van der Waals surface area contributed by atoms with Crippen molar-refractivity contribution in [2.75, 3.05) is 20.6 Å². The minimum Gasteiger partial charge on any atom is -0.363 e. The highest BCUT2D eigenvalue weighted by Crippen LogP contribution is 2.32. The minimum atomic E-state index is -0.250. The van der Waals surface area contributed by atoms with Gasteiger partial charge in [0.25, 0.3) is 5.91 Å². The van der Waals surface area contributed by atoms with Gasteiger partial charge in [0.15, 0.2) is 0 Å². The van der Waals surface area contributed by atoms with Crippen molar-refractivity contribution in [1.82, 2.24) is 14.8 Å². The molecule has 1 amide bonds. The molecule has 3 atom stereocenters. The topological polar surface area (TPSA) is 45.7 Å². The third-order valence-electron chi connectivity index (χ3n) is 4.49. The van der Waals surface area contributed by atoms with Crippen molar-refractivity contribution in [3.63, 3.8) is 0 Å². The summed E-state index contributed by atoms with van der Waals surface area (Å²) in [6.07, 6.45) is 6.55. The van der Waals surface area contributed by atoms with Crippen molar-refractivity contribution >= 4 is 5.91 Å². The van der Waals surface area contributed by atoms with Crippen LogP contribution in [0, 0.1) is 0 Å². The first-order chi connectivity index (χ1) is 10.1. The number of fused-ring (bicyclic) bond motifs is 1. The van der Waals surface area contributed by atoms with Crippen LogP contribution < -0.4 is 0 Å². The fraction of sp³-hybridized carbons (Fsp3) is 0.625. The molecule has 0 aromatic carbocycles. The zero-order valence-corrected chi connectivity index (χ0v) is 12.7. The summed E-state index contributed by atoms with van der Waals surface area (Å²) in [7, 11) is 3.59. The van der Waals surface area contributed by atoms with Gasteiger partial charge in [0.1, 0.15) is 6.10 Å². The Morgan fingerprint density at radius 2 is 2.29 bits per heavy atom. The predicted molar refractivity (Wildman–Crippen MR) is 79.6 cm³/mol. The summed E-state index contributed by atoms with van der Waals surface area (Å²) in [6.45, 7) is 1.96. The summed E-state index contributed by atoms with van der Waals surface area (Å²) in [5.74, 6) is 0.0964. The zero-order valence-electron chi connectivity index (χ0n) is 12.7. The van der Waals surface area contributed by atoms with E-state index in [0.717, 1.165) is 32.4 Å². The normalized spacial score (nSPS) is 29.1. The smallest absolute Gasteiger partial charge is 0.251 e. The number of hydrogen-bond donors (Lipinski definition) is 0. The van der Waals surface area contributed by atoms with Gasteiger partial charge < -0.3 is 9.64 Å². The van der Waals surface area contributed by atoms with Crippen LogP contribution in [0.15, 0.2) is 24.5 Å². The van der Waals surface area contributed by atoms with Crippen molar-refractivity contribution in [1.29, 1.82) is 0 Å². The molecule has 0 N–H and O–H groups in total. The third kappa shape index (κ3) is 3.09. The van der Waals surface area contributed by atoms with E-state index in [1.807, 2.05) is 12.3 Å². The van der Waals surface area contributed by atoms with Crippen LogP contribution in [-0.2, 0) is 16.1 Å². The van der Waals surface area contributed by atoms with Crippen molar-refractivity contribution in [2.45, 2.75) is 44.1 Å². The molecule has 2 saturated heterocycles. The van der Waals surface area contributed by atoms with Gasteiger partial charge in [-0.3, -0.25) is 14.7 Å². The van der Waals surface area contributed by atoms with Gasteiger partial charge in [-0.05, 0) is 30.9 Å². The number of carbonyl (C=O) groups excluding carboxylic acids is 1. The SMILES string of the molecule is CN(C)C(=O)[C@H]1CC[C@@H]2[C@@H](CCN2Cc2cccnc2)O1. The van der Waals surface area contributed by atoms with Gasteiger partial charge in [-0.15, -0.1) is 0 Å². The molecule has 114 valence electrons. The molecular weight excluding hydrogens is 266 g/mol. The van der Waals surface area contributed by atoms with E-state index in [2.05, 4.69) is 16.0 Å². The molecule has 2 aliphatic heterocycles. The largest absolute Gasteiger partial charge is 0.363 e. The Morgan fingerprint density at radius 3 is 3.00 bits per heavy atom. The van der Waals surface area contributed by atoms with Gasteiger partial charge in [0.05, 0.1) is 6.10 Å². The Labute approximate surface area is 125 Å². The van der Waals surface area contributed by atoms with Gasteiger partial charge >= 0.3 is 0 Å². The number of nitrogens with zero attached hydrogens (tertiary/aromatic N) is 3. The molecule has 0 aliphatic carbocycles. The van der Waals surface area contributed by atoms with Crippen LogP contribution in [0.3, 0.4) is 0 Å². The standard InChI is InChI=1S/C16H23N3O2/c1-18(2)16(20)15-6-5-13-14(21-15)7-9-19(13)11-12-4-3-8-17-10-12/h3-4,8,10,13-15H,5-7,9,11H2,1-2H3/t13-,14-,15-/m1/s1. The number of pyridine rings is 1. The Bertz CT molecular complexity index is 492. The van der Waals surface area contributed by atoms with E-state index in [1.165, 1.54) is 5.56 Å². The second-order valence-electron chi connectivity index (χ2n) is 6.16. The van der Waals surface area contributed by atoms with Crippen LogP contribution >= 0.6 is 0 Å². The maximum absolute atomic E-state index is 12.0. The van der Waals surface area contributed by atoms with E-state index in [4.69, 9.17) is 4.74 Å². The summed E-state index contributed by atoms with van der Waals surface area (Å²) in [5.41, 5.74) is 1.24. The fourth-order valence-electron chi connectivity index (χ4n) is 3.41. The van der Waals surface area contributed by atoms with E-state index >= 15 is 0 Å². The van der Waals surface area contributed by atoms with E-state index < -0.39 is 0 Å². The Kier molecular flexibility index (Phi) is 4.22. The highest BCUT2D eigenvalue weighted by Gasteiger charge is 2.41. The number of likely N-dealkylation sites (tertiary alicyclic amines) is 1. The zero-order chi connectivity index (χ0) is 14.8. The lowest BCUT2D eigenvalue weighted by atomic mass is 9.98. The molecule has 1 aromatic rings. The lowest BCUT2D eigenvalue weighted by Crippen LogP contribution is -2.47. The lowest BCUT2D eigenvalue weighted by Gasteiger charge is -2.36. The van der Waals surface area contributed by atoms with Crippen LogP contribution in [0.2, 0.25) is 0 Å². The second-order valence-corrected chi connectivity index (χ2v) is 6.16. The predicted octanol–water partition coefficient (Wildman–Crippen LogP) is 1.29. The minimum absolute atomic E-state index is 0.0964. The first kappa shape index (κ1) is 14.5. The summed E-state index contributed by atoms with van der Waals surface area (Å²) in [4.78, 5) is 20.3. The van der Waals surface area contributed by atoms with E-state index in [0.29, 0.717) is 6.04 Å². The number of amides is 1. The molecular formula is C16H23N3O2. The molecule has 0 unspecified atom stereocenters. The fourth-order valence-corrected chi connectivity index (χ4v) is 3.41. The Hall–Kier alpha value is -1.46. The molecule has 0 radical (unpaired) electrons. The van der Waals surface area contributed by atoms with Gasteiger partial charge in [0, 0.05) is 45.6 Å².